The second-order valence-electron chi connectivity index (χ2n) is 8.31. The highest BCUT2D eigenvalue weighted by molar-refractivity contribution is 5.76. The lowest BCUT2D eigenvalue weighted by molar-refractivity contribution is 0.354. The van der Waals surface area contributed by atoms with Gasteiger partial charge in [0.15, 0.2) is 23.1 Å². The number of hydrogen-bond donors (Lipinski definition) is 3. The Morgan fingerprint density at radius 3 is 2.17 bits per heavy atom. The molecule has 9 heteroatoms. The molecular formula is C27H25F2N3O4. The topological polar surface area (TPSA) is 103 Å². The van der Waals surface area contributed by atoms with Gasteiger partial charge in [0.2, 0.25) is 0 Å². The van der Waals surface area contributed by atoms with E-state index >= 15 is 0 Å². The van der Waals surface area contributed by atoms with Crippen LogP contribution in [0.1, 0.15) is 35.7 Å². The van der Waals surface area contributed by atoms with E-state index in [-0.39, 0.29) is 17.4 Å². The summed E-state index contributed by atoms with van der Waals surface area (Å²) < 4.78 is 38.2. The fourth-order valence-electron chi connectivity index (χ4n) is 4.02. The molecular weight excluding hydrogens is 468 g/mol. The number of nitrogens with one attached hydrogen (secondary N) is 2. The van der Waals surface area contributed by atoms with Crippen molar-refractivity contribution >= 4 is 17.1 Å². The first-order valence-electron chi connectivity index (χ1n) is 11.1. The van der Waals surface area contributed by atoms with Crippen molar-refractivity contribution in [3.8, 4) is 11.5 Å². The lowest BCUT2D eigenvalue weighted by Gasteiger charge is -2.26. The maximum Gasteiger partial charge on any atom is 0.253 e. The minimum absolute atomic E-state index is 0.0583. The summed E-state index contributed by atoms with van der Waals surface area (Å²) in [7, 11) is 3.08. The van der Waals surface area contributed by atoms with E-state index in [4.69, 9.17) is 15.2 Å². The van der Waals surface area contributed by atoms with Crippen LogP contribution in [0.4, 0.5) is 25.8 Å². The average molecular weight is 494 g/mol. The molecule has 0 spiro atoms. The highest BCUT2D eigenvalue weighted by atomic mass is 19.2. The van der Waals surface area contributed by atoms with Gasteiger partial charge in [-0.25, -0.2) is 8.78 Å². The Kier molecular flexibility index (Phi) is 7.03. The van der Waals surface area contributed by atoms with Gasteiger partial charge in [-0.15, -0.1) is 0 Å². The van der Waals surface area contributed by atoms with Crippen molar-refractivity contribution < 1.29 is 18.3 Å². The Balaban J connectivity index is 1.73. The Hall–Kier alpha value is -4.24. The van der Waals surface area contributed by atoms with Crippen molar-refractivity contribution in [1.29, 1.82) is 0 Å². The van der Waals surface area contributed by atoms with E-state index in [1.165, 1.54) is 13.2 Å². The van der Waals surface area contributed by atoms with Crippen molar-refractivity contribution in [2.45, 2.75) is 19.0 Å². The van der Waals surface area contributed by atoms with E-state index in [1.54, 1.807) is 25.3 Å². The highest BCUT2D eigenvalue weighted by Crippen LogP contribution is 2.34. The number of nitrogen functional groups attached to an aromatic ring is 1. The second-order valence-corrected chi connectivity index (χ2v) is 8.31. The van der Waals surface area contributed by atoms with Gasteiger partial charge in [0.05, 0.1) is 20.3 Å². The summed E-state index contributed by atoms with van der Waals surface area (Å²) in [5.41, 5.74) is 6.95. The van der Waals surface area contributed by atoms with Crippen LogP contribution in [-0.4, -0.2) is 14.2 Å². The predicted octanol–water partition coefficient (Wildman–Crippen LogP) is 4.34. The van der Waals surface area contributed by atoms with E-state index < -0.39 is 28.5 Å². The van der Waals surface area contributed by atoms with E-state index in [1.807, 2.05) is 31.2 Å². The molecule has 0 saturated heterocycles. The van der Waals surface area contributed by atoms with E-state index in [2.05, 4.69) is 10.6 Å². The lowest BCUT2D eigenvalue weighted by atomic mass is 9.95. The number of halogens is 2. The molecule has 4 N–H and O–H groups in total. The summed E-state index contributed by atoms with van der Waals surface area (Å²) in [4.78, 5) is 23.3. The lowest BCUT2D eigenvalue weighted by Crippen LogP contribution is -2.36. The molecule has 0 aliphatic carbocycles. The first-order chi connectivity index (χ1) is 17.2. The van der Waals surface area contributed by atoms with Gasteiger partial charge in [0.25, 0.3) is 10.9 Å². The molecule has 2 unspecified atom stereocenters. The summed E-state index contributed by atoms with van der Waals surface area (Å²) in [6.45, 7) is 1.84. The molecule has 0 aromatic heterocycles. The maximum atomic E-state index is 13.9. The molecule has 0 aliphatic heterocycles. The van der Waals surface area contributed by atoms with Gasteiger partial charge in [-0.3, -0.25) is 14.9 Å². The second kappa shape index (κ2) is 10.2. The minimum Gasteiger partial charge on any atom is -0.493 e. The predicted molar refractivity (Wildman–Crippen MR) is 135 cm³/mol. The van der Waals surface area contributed by atoms with E-state index in [0.717, 1.165) is 23.3 Å². The zero-order valence-corrected chi connectivity index (χ0v) is 19.9. The zero-order valence-electron chi connectivity index (χ0n) is 19.9. The molecule has 0 heterocycles. The van der Waals surface area contributed by atoms with Crippen LogP contribution in [0.3, 0.4) is 0 Å². The summed E-state index contributed by atoms with van der Waals surface area (Å²) in [5, 5.41) is 6.38. The van der Waals surface area contributed by atoms with Gasteiger partial charge in [-0.1, -0.05) is 24.3 Å². The molecule has 0 saturated carbocycles. The van der Waals surface area contributed by atoms with Gasteiger partial charge in [0, 0.05) is 11.7 Å². The SMILES string of the molecule is COc1ccc(C(NC(C)c2ccc(F)c(F)c2)c2cccc(Nc3c(N)c(=O)c3=O)c2)cc1OC. The van der Waals surface area contributed by atoms with Crippen LogP contribution in [0, 0.1) is 11.6 Å². The number of anilines is 3. The average Bonchev–Trinajstić information content (AvgIpc) is 2.90. The largest absolute Gasteiger partial charge is 0.493 e. The summed E-state index contributed by atoms with van der Waals surface area (Å²) >= 11 is 0. The van der Waals surface area contributed by atoms with Gasteiger partial charge in [-0.05, 0) is 60.0 Å². The number of rotatable bonds is 9. The molecule has 0 fully saturated rings. The van der Waals surface area contributed by atoms with Crippen LogP contribution >= 0.6 is 0 Å². The highest BCUT2D eigenvalue weighted by Gasteiger charge is 2.22. The van der Waals surface area contributed by atoms with Crippen molar-refractivity contribution in [3.63, 3.8) is 0 Å². The summed E-state index contributed by atoms with van der Waals surface area (Å²) in [6, 6.07) is 15.6. The third-order valence-electron chi connectivity index (χ3n) is 6.04. The van der Waals surface area contributed by atoms with Crippen molar-refractivity contribution in [3.05, 3.63) is 109 Å². The van der Waals surface area contributed by atoms with E-state index in [9.17, 15) is 18.4 Å². The van der Waals surface area contributed by atoms with Crippen molar-refractivity contribution in [2.24, 2.45) is 0 Å². The first kappa shape index (κ1) is 24.9. The van der Waals surface area contributed by atoms with Crippen LogP contribution < -0.4 is 36.7 Å². The molecule has 186 valence electrons. The standard InChI is InChI=1S/C27H25F2N3O4/c1-14(15-7-9-19(28)20(29)12-15)31-24(17-8-10-21(35-2)22(13-17)36-3)16-5-4-6-18(11-16)32-25-23(30)26(33)27(25)34/h4-14,24,31-32H,30H2,1-3H3. The molecule has 4 rings (SSSR count). The number of hydrogen-bond acceptors (Lipinski definition) is 7. The number of benzene rings is 3. The smallest absolute Gasteiger partial charge is 0.253 e. The van der Waals surface area contributed by atoms with Gasteiger partial charge in [-0.2, -0.15) is 0 Å². The van der Waals surface area contributed by atoms with Crippen molar-refractivity contribution in [2.75, 3.05) is 25.3 Å². The molecule has 4 aromatic rings. The molecule has 0 radical (unpaired) electrons. The molecule has 36 heavy (non-hydrogen) atoms. The Labute approximate surface area is 206 Å². The quantitative estimate of drug-likeness (QED) is 0.298. The Morgan fingerprint density at radius 1 is 0.806 bits per heavy atom. The first-order valence-corrected chi connectivity index (χ1v) is 11.1. The summed E-state index contributed by atoms with van der Waals surface area (Å²) in [5.74, 6) is -0.771. The van der Waals surface area contributed by atoms with Crippen LogP contribution in [0.25, 0.3) is 0 Å². The van der Waals surface area contributed by atoms with Gasteiger partial charge < -0.3 is 20.5 Å². The molecule has 7 nitrogen and oxygen atoms in total. The maximum absolute atomic E-state index is 13.9. The number of nitrogens with two attached hydrogens (primary N) is 1. The molecule has 4 aromatic carbocycles. The van der Waals surface area contributed by atoms with Gasteiger partial charge in [0.1, 0.15) is 11.4 Å². The number of methoxy groups -OCH3 is 2. The Bertz CT molecular complexity index is 1480. The van der Waals surface area contributed by atoms with Crippen LogP contribution in [0.5, 0.6) is 11.5 Å². The fourth-order valence-corrected chi connectivity index (χ4v) is 4.02. The van der Waals surface area contributed by atoms with Crippen LogP contribution in [0.2, 0.25) is 0 Å². The molecule has 0 bridgehead atoms. The third-order valence-corrected chi connectivity index (χ3v) is 6.04. The van der Waals surface area contributed by atoms with Crippen molar-refractivity contribution in [1.82, 2.24) is 5.32 Å². The van der Waals surface area contributed by atoms with Crippen LogP contribution in [0.15, 0.2) is 70.3 Å². The zero-order chi connectivity index (χ0) is 26.0. The monoisotopic (exact) mass is 493 g/mol. The minimum atomic E-state index is -0.930. The van der Waals surface area contributed by atoms with Gasteiger partial charge >= 0.3 is 0 Å². The Morgan fingerprint density at radius 2 is 1.50 bits per heavy atom. The summed E-state index contributed by atoms with van der Waals surface area (Å²) in [6.07, 6.45) is 0. The number of ether oxygens (including phenoxy) is 2. The molecule has 2 atom stereocenters. The molecule has 0 aliphatic rings. The normalized spacial score (nSPS) is 12.8. The molecule has 0 amide bonds. The van der Waals surface area contributed by atoms with Crippen LogP contribution in [-0.2, 0) is 0 Å². The fraction of sp³-hybridized carbons (Fsp3) is 0.185. The third kappa shape index (κ3) is 4.78. The van der Waals surface area contributed by atoms with E-state index in [0.29, 0.717) is 22.7 Å².